The average molecular weight is 271 g/mol. The minimum Gasteiger partial charge on any atom is -0.404 e. The van der Waals surface area contributed by atoms with Crippen LogP contribution in [-0.4, -0.2) is 32.9 Å². The van der Waals surface area contributed by atoms with Crippen molar-refractivity contribution in [1.29, 1.82) is 0 Å². The second-order valence-electron chi connectivity index (χ2n) is 4.79. The van der Waals surface area contributed by atoms with Gasteiger partial charge >= 0.3 is 6.09 Å². The van der Waals surface area contributed by atoms with Crippen molar-refractivity contribution in [2.45, 2.75) is 19.9 Å². The van der Waals surface area contributed by atoms with E-state index in [0.717, 1.165) is 21.5 Å². The number of aromatic nitrogens is 2. The topological polar surface area (TPSA) is 75.3 Å². The van der Waals surface area contributed by atoms with E-state index in [-0.39, 0.29) is 11.8 Å². The van der Waals surface area contributed by atoms with Gasteiger partial charge in [0.15, 0.2) is 5.76 Å². The normalized spacial score (nSPS) is 17.6. The lowest BCUT2D eigenvalue weighted by Crippen LogP contribution is -2.35. The molecule has 2 amide bonds. The van der Waals surface area contributed by atoms with Crippen LogP contribution in [0, 0.1) is 0 Å². The van der Waals surface area contributed by atoms with E-state index in [0.29, 0.717) is 0 Å². The van der Waals surface area contributed by atoms with Gasteiger partial charge in [-0.3, -0.25) is 4.79 Å². The second-order valence-corrected chi connectivity index (χ2v) is 4.79. The van der Waals surface area contributed by atoms with Crippen molar-refractivity contribution in [3.63, 3.8) is 0 Å². The summed E-state index contributed by atoms with van der Waals surface area (Å²) >= 11 is 0. The average Bonchev–Trinajstić information content (AvgIpc) is 2.93. The number of fused-ring (bicyclic) bond motifs is 1. The molecule has 2 aromatic rings. The van der Waals surface area contributed by atoms with Crippen molar-refractivity contribution >= 4 is 29.1 Å². The maximum absolute atomic E-state index is 12.1. The van der Waals surface area contributed by atoms with Gasteiger partial charge in [0.1, 0.15) is 5.65 Å². The summed E-state index contributed by atoms with van der Waals surface area (Å²) in [5.74, 6) is -0.378. The highest BCUT2D eigenvalue weighted by atomic mass is 16.6. The Morgan fingerprint density at radius 2 is 2.20 bits per heavy atom. The number of ether oxygens (including phenoxy) is 1. The minimum atomic E-state index is -0.630. The molecule has 1 aliphatic rings. The third-order valence-electron chi connectivity index (χ3n) is 3.11. The molecule has 2 aromatic heterocycles. The van der Waals surface area contributed by atoms with Crippen molar-refractivity contribution in [3.8, 4) is 0 Å². The van der Waals surface area contributed by atoms with E-state index in [4.69, 9.17) is 4.74 Å². The number of carbonyl (C=O) groups is 2. The highest BCUT2D eigenvalue weighted by molar-refractivity contribution is 6.10. The number of aromatic amines is 1. The fourth-order valence-corrected chi connectivity index (χ4v) is 2.16. The summed E-state index contributed by atoms with van der Waals surface area (Å²) in [6.07, 6.45) is 4.33. The number of carbonyl (C=O) groups excluding carboxylic acids is 2. The maximum Gasteiger partial charge on any atom is 0.422 e. The van der Waals surface area contributed by atoms with Gasteiger partial charge in [0.2, 0.25) is 0 Å². The molecule has 0 atom stereocenters. The summed E-state index contributed by atoms with van der Waals surface area (Å²) in [5, 5.41) is 0.867. The molecule has 6 heteroatoms. The lowest BCUT2D eigenvalue weighted by molar-refractivity contribution is -0.124. The lowest BCUT2D eigenvalue weighted by atomic mass is 10.2. The number of hydrogen-bond donors (Lipinski definition) is 1. The number of pyridine rings is 1. The number of cyclic esters (lactones) is 1. The summed E-state index contributed by atoms with van der Waals surface area (Å²) in [6.45, 7) is 3.52. The van der Waals surface area contributed by atoms with Crippen LogP contribution in [0.3, 0.4) is 0 Å². The van der Waals surface area contributed by atoms with Gasteiger partial charge < -0.3 is 9.72 Å². The van der Waals surface area contributed by atoms with Gasteiger partial charge in [0.05, 0.1) is 0 Å². The summed E-state index contributed by atoms with van der Waals surface area (Å²) in [7, 11) is 0. The minimum absolute atomic E-state index is 0.0356. The van der Waals surface area contributed by atoms with Crippen LogP contribution < -0.4 is 0 Å². The predicted octanol–water partition coefficient (Wildman–Crippen LogP) is 2.29. The van der Waals surface area contributed by atoms with Crippen LogP contribution in [0.15, 0.2) is 30.3 Å². The Balaban J connectivity index is 2.01. The van der Waals surface area contributed by atoms with Crippen LogP contribution in [0.2, 0.25) is 0 Å². The third-order valence-corrected chi connectivity index (χ3v) is 3.11. The van der Waals surface area contributed by atoms with Crippen molar-refractivity contribution in [3.05, 3.63) is 35.8 Å². The van der Waals surface area contributed by atoms with Crippen molar-refractivity contribution < 1.29 is 14.3 Å². The van der Waals surface area contributed by atoms with Gasteiger partial charge in [-0.25, -0.2) is 14.7 Å². The van der Waals surface area contributed by atoms with E-state index >= 15 is 0 Å². The standard InChI is InChI=1S/C14H13N3O3/c1-8(2)17-13(18)11(20-14(17)19)6-9-7-16-12-10(9)4-3-5-15-12/h3-8H,1-2H3,(H,15,16)/b11-6-. The monoisotopic (exact) mass is 271 g/mol. The van der Waals surface area contributed by atoms with E-state index < -0.39 is 12.0 Å². The number of hydrogen-bond acceptors (Lipinski definition) is 4. The molecule has 1 saturated heterocycles. The molecule has 1 fully saturated rings. The van der Waals surface area contributed by atoms with E-state index in [1.54, 1.807) is 38.4 Å². The van der Waals surface area contributed by atoms with E-state index in [9.17, 15) is 9.59 Å². The second kappa shape index (κ2) is 4.48. The quantitative estimate of drug-likeness (QED) is 0.850. The van der Waals surface area contributed by atoms with Gasteiger partial charge in [0.25, 0.3) is 5.91 Å². The Morgan fingerprint density at radius 3 is 2.90 bits per heavy atom. The molecule has 1 aliphatic heterocycles. The predicted molar refractivity (Wildman–Crippen MR) is 72.5 cm³/mol. The first kappa shape index (κ1) is 12.4. The molecule has 0 bridgehead atoms. The molecule has 0 aliphatic carbocycles. The Hall–Kier alpha value is -2.63. The summed E-state index contributed by atoms with van der Waals surface area (Å²) in [4.78, 5) is 32.0. The highest BCUT2D eigenvalue weighted by Crippen LogP contribution is 2.24. The van der Waals surface area contributed by atoms with Crippen molar-refractivity contribution in [1.82, 2.24) is 14.9 Å². The van der Waals surface area contributed by atoms with Gasteiger partial charge in [-0.1, -0.05) is 0 Å². The number of nitrogens with one attached hydrogen (secondary N) is 1. The summed E-state index contributed by atoms with van der Waals surface area (Å²) < 4.78 is 5.03. The van der Waals surface area contributed by atoms with Crippen LogP contribution in [0.1, 0.15) is 19.4 Å². The summed E-state index contributed by atoms with van der Waals surface area (Å²) in [5.41, 5.74) is 1.48. The molecule has 1 N–H and O–H groups in total. The number of H-pyrrole nitrogens is 1. The molecule has 0 spiro atoms. The van der Waals surface area contributed by atoms with Crippen LogP contribution in [0.4, 0.5) is 4.79 Å². The molecule has 6 nitrogen and oxygen atoms in total. The Kier molecular flexibility index (Phi) is 2.78. The van der Waals surface area contributed by atoms with E-state index in [2.05, 4.69) is 9.97 Å². The van der Waals surface area contributed by atoms with Crippen molar-refractivity contribution in [2.75, 3.05) is 0 Å². The van der Waals surface area contributed by atoms with Crippen LogP contribution in [0.5, 0.6) is 0 Å². The highest BCUT2D eigenvalue weighted by Gasteiger charge is 2.38. The third kappa shape index (κ3) is 1.85. The van der Waals surface area contributed by atoms with Crippen LogP contribution in [-0.2, 0) is 9.53 Å². The maximum atomic E-state index is 12.1. The number of nitrogens with zero attached hydrogens (tertiary/aromatic N) is 2. The molecule has 20 heavy (non-hydrogen) atoms. The number of imide groups is 1. The molecule has 0 unspecified atom stereocenters. The fourth-order valence-electron chi connectivity index (χ4n) is 2.16. The van der Waals surface area contributed by atoms with Crippen molar-refractivity contribution in [2.24, 2.45) is 0 Å². The Morgan fingerprint density at radius 1 is 1.40 bits per heavy atom. The SMILES string of the molecule is CC(C)N1C(=O)O/C(=C\c2c[nH]c3ncccc23)C1=O. The van der Waals surface area contributed by atoms with Gasteiger partial charge in [-0.2, -0.15) is 0 Å². The first-order valence-electron chi connectivity index (χ1n) is 6.27. The molecule has 3 rings (SSSR count). The first-order valence-corrected chi connectivity index (χ1v) is 6.27. The van der Waals surface area contributed by atoms with Crippen LogP contribution in [0.25, 0.3) is 17.1 Å². The molecule has 0 aromatic carbocycles. The zero-order chi connectivity index (χ0) is 14.3. The molecular weight excluding hydrogens is 258 g/mol. The Labute approximate surface area is 115 Å². The largest absolute Gasteiger partial charge is 0.422 e. The molecule has 3 heterocycles. The smallest absolute Gasteiger partial charge is 0.404 e. The number of rotatable bonds is 2. The Bertz CT molecular complexity index is 730. The summed E-state index contributed by atoms with van der Waals surface area (Å²) in [6, 6.07) is 3.46. The van der Waals surface area contributed by atoms with Gasteiger partial charge in [-0.15, -0.1) is 0 Å². The number of amides is 2. The lowest BCUT2D eigenvalue weighted by Gasteiger charge is -2.13. The molecule has 0 saturated carbocycles. The van der Waals surface area contributed by atoms with Crippen LogP contribution >= 0.6 is 0 Å². The first-order chi connectivity index (χ1) is 9.58. The molecule has 102 valence electrons. The zero-order valence-electron chi connectivity index (χ0n) is 11.1. The van der Waals surface area contributed by atoms with Gasteiger partial charge in [0, 0.05) is 29.4 Å². The van der Waals surface area contributed by atoms with Gasteiger partial charge in [-0.05, 0) is 32.1 Å². The zero-order valence-corrected chi connectivity index (χ0v) is 11.1. The fraction of sp³-hybridized carbons (Fsp3) is 0.214. The van der Waals surface area contributed by atoms with E-state index in [1.807, 2.05) is 6.07 Å². The van der Waals surface area contributed by atoms with E-state index in [1.165, 1.54) is 0 Å². The molecule has 0 radical (unpaired) electrons. The molecular formula is C14H13N3O3.